The number of rotatable bonds is 4. The molecule has 6 nitrogen and oxygen atoms in total. The van der Waals surface area contributed by atoms with Crippen molar-refractivity contribution >= 4 is 19.9 Å². The smallest absolute Gasteiger partial charge is 0.243 e. The standard InChI is InChI=1S/C14H22N2O4S2/c1-11(15)14-5-3-4-10-16(14)22(19,20)13-8-6-12(7-9-13)21(2,17)18/h6-9,11,14H,3-5,10,15H2,1-2H3/t11-,14-/m0/s1. The van der Waals surface area contributed by atoms with E-state index >= 15 is 0 Å². The van der Waals surface area contributed by atoms with Crippen LogP contribution >= 0.6 is 0 Å². The number of hydrogen-bond acceptors (Lipinski definition) is 5. The monoisotopic (exact) mass is 346 g/mol. The van der Waals surface area contributed by atoms with E-state index in [0.717, 1.165) is 25.5 Å². The largest absolute Gasteiger partial charge is 0.326 e. The van der Waals surface area contributed by atoms with Crippen LogP contribution in [0.3, 0.4) is 0 Å². The first-order chi connectivity index (χ1) is 10.1. The summed E-state index contributed by atoms with van der Waals surface area (Å²) in [6.07, 6.45) is 3.61. The van der Waals surface area contributed by atoms with Crippen molar-refractivity contribution in [2.24, 2.45) is 5.73 Å². The number of nitrogens with zero attached hydrogens (tertiary/aromatic N) is 1. The minimum Gasteiger partial charge on any atom is -0.326 e. The van der Waals surface area contributed by atoms with Gasteiger partial charge in [-0.25, -0.2) is 16.8 Å². The molecule has 0 saturated carbocycles. The molecule has 1 aromatic rings. The van der Waals surface area contributed by atoms with E-state index in [1.54, 1.807) is 0 Å². The number of piperidine rings is 1. The second-order valence-corrected chi connectivity index (χ2v) is 9.69. The van der Waals surface area contributed by atoms with Crippen molar-refractivity contribution in [3.63, 3.8) is 0 Å². The van der Waals surface area contributed by atoms with Gasteiger partial charge in [0.1, 0.15) is 0 Å². The van der Waals surface area contributed by atoms with Crippen LogP contribution in [-0.2, 0) is 19.9 Å². The average molecular weight is 346 g/mol. The molecule has 0 radical (unpaired) electrons. The van der Waals surface area contributed by atoms with Crippen LogP contribution in [0.1, 0.15) is 26.2 Å². The van der Waals surface area contributed by atoms with Gasteiger partial charge in [-0.15, -0.1) is 0 Å². The maximum absolute atomic E-state index is 12.8. The lowest BCUT2D eigenvalue weighted by molar-refractivity contribution is 0.227. The first kappa shape index (κ1) is 17.4. The molecule has 1 aliphatic rings. The fourth-order valence-electron chi connectivity index (χ4n) is 2.75. The Labute approximate surface area is 132 Å². The van der Waals surface area contributed by atoms with Crippen molar-refractivity contribution in [2.75, 3.05) is 12.8 Å². The molecule has 22 heavy (non-hydrogen) atoms. The zero-order chi connectivity index (χ0) is 16.5. The van der Waals surface area contributed by atoms with Gasteiger partial charge in [0, 0.05) is 24.9 Å². The summed E-state index contributed by atoms with van der Waals surface area (Å²) in [5.41, 5.74) is 5.93. The van der Waals surface area contributed by atoms with E-state index in [2.05, 4.69) is 0 Å². The van der Waals surface area contributed by atoms with Crippen LogP contribution in [0.4, 0.5) is 0 Å². The van der Waals surface area contributed by atoms with E-state index in [9.17, 15) is 16.8 Å². The van der Waals surface area contributed by atoms with Gasteiger partial charge >= 0.3 is 0 Å². The van der Waals surface area contributed by atoms with E-state index in [4.69, 9.17) is 5.73 Å². The summed E-state index contributed by atoms with van der Waals surface area (Å²) in [6, 6.07) is 4.88. The van der Waals surface area contributed by atoms with Crippen LogP contribution in [0.25, 0.3) is 0 Å². The van der Waals surface area contributed by atoms with Crippen LogP contribution in [0.2, 0.25) is 0 Å². The van der Waals surface area contributed by atoms with Gasteiger partial charge in [-0.3, -0.25) is 0 Å². The van der Waals surface area contributed by atoms with Gasteiger partial charge in [-0.1, -0.05) is 6.42 Å². The van der Waals surface area contributed by atoms with Crippen molar-refractivity contribution in [2.45, 2.75) is 48.1 Å². The maximum Gasteiger partial charge on any atom is 0.243 e. The molecule has 8 heteroatoms. The minimum absolute atomic E-state index is 0.104. The molecule has 0 aromatic heterocycles. The van der Waals surface area contributed by atoms with Gasteiger partial charge in [-0.2, -0.15) is 4.31 Å². The molecule has 1 aliphatic heterocycles. The van der Waals surface area contributed by atoms with Crippen molar-refractivity contribution < 1.29 is 16.8 Å². The summed E-state index contributed by atoms with van der Waals surface area (Å²) in [5.74, 6) is 0. The number of sulfone groups is 1. The number of benzene rings is 1. The highest BCUT2D eigenvalue weighted by atomic mass is 32.2. The Morgan fingerprint density at radius 3 is 2.14 bits per heavy atom. The third-order valence-electron chi connectivity index (χ3n) is 3.96. The predicted molar refractivity (Wildman–Crippen MR) is 84.7 cm³/mol. The van der Waals surface area contributed by atoms with Gasteiger partial charge in [-0.05, 0) is 44.0 Å². The van der Waals surface area contributed by atoms with Crippen molar-refractivity contribution in [3.05, 3.63) is 24.3 Å². The van der Waals surface area contributed by atoms with E-state index < -0.39 is 19.9 Å². The van der Waals surface area contributed by atoms with Crippen LogP contribution in [-0.4, -0.2) is 46.0 Å². The van der Waals surface area contributed by atoms with E-state index in [1.165, 1.54) is 28.6 Å². The summed E-state index contributed by atoms with van der Waals surface area (Å²) in [7, 11) is -7.00. The molecule has 0 unspecified atom stereocenters. The number of nitrogens with two attached hydrogens (primary N) is 1. The Morgan fingerprint density at radius 2 is 1.64 bits per heavy atom. The van der Waals surface area contributed by atoms with Gasteiger partial charge < -0.3 is 5.73 Å². The lowest BCUT2D eigenvalue weighted by Gasteiger charge is -2.36. The lowest BCUT2D eigenvalue weighted by Crippen LogP contribution is -2.51. The summed E-state index contributed by atoms with van der Waals surface area (Å²) < 4.78 is 49.9. The van der Waals surface area contributed by atoms with E-state index in [0.29, 0.717) is 6.54 Å². The van der Waals surface area contributed by atoms with Crippen molar-refractivity contribution in [1.29, 1.82) is 0 Å². The predicted octanol–water partition coefficient (Wildman–Crippen LogP) is 0.980. The van der Waals surface area contributed by atoms with Crippen LogP contribution in [0, 0.1) is 0 Å². The fraction of sp³-hybridized carbons (Fsp3) is 0.571. The molecule has 124 valence electrons. The Hall–Kier alpha value is -0.960. The van der Waals surface area contributed by atoms with Gasteiger partial charge in [0.25, 0.3) is 0 Å². The molecule has 1 heterocycles. The molecule has 1 saturated heterocycles. The maximum atomic E-state index is 12.8. The Morgan fingerprint density at radius 1 is 1.09 bits per heavy atom. The summed E-state index contributed by atoms with van der Waals surface area (Å²) >= 11 is 0. The van der Waals surface area contributed by atoms with Gasteiger partial charge in [0.2, 0.25) is 10.0 Å². The molecule has 1 fully saturated rings. The Balaban J connectivity index is 2.37. The van der Waals surface area contributed by atoms with Gasteiger partial charge in [0.05, 0.1) is 9.79 Å². The zero-order valence-corrected chi connectivity index (χ0v) is 14.4. The molecule has 2 N–H and O–H groups in total. The number of sulfonamides is 1. The SMILES string of the molecule is C[C@H](N)[C@@H]1CCCCN1S(=O)(=O)c1ccc(S(C)(=O)=O)cc1. The Kier molecular flexibility index (Phi) is 4.96. The highest BCUT2D eigenvalue weighted by molar-refractivity contribution is 7.90. The zero-order valence-electron chi connectivity index (χ0n) is 12.8. The second-order valence-electron chi connectivity index (χ2n) is 5.78. The lowest BCUT2D eigenvalue weighted by atomic mass is 10.00. The minimum atomic E-state index is -3.66. The van der Waals surface area contributed by atoms with Crippen LogP contribution < -0.4 is 5.73 Å². The second kappa shape index (κ2) is 6.27. The summed E-state index contributed by atoms with van der Waals surface area (Å²) in [5, 5.41) is 0. The third-order valence-corrected chi connectivity index (χ3v) is 7.03. The van der Waals surface area contributed by atoms with Crippen molar-refractivity contribution in [3.8, 4) is 0 Å². The molecular weight excluding hydrogens is 324 g/mol. The van der Waals surface area contributed by atoms with E-state index in [-0.39, 0.29) is 21.9 Å². The topological polar surface area (TPSA) is 97.5 Å². The molecule has 0 aliphatic carbocycles. The molecule has 2 atom stereocenters. The quantitative estimate of drug-likeness (QED) is 0.876. The fourth-order valence-corrected chi connectivity index (χ4v) is 5.15. The van der Waals surface area contributed by atoms with E-state index in [1.807, 2.05) is 6.92 Å². The van der Waals surface area contributed by atoms with Gasteiger partial charge in [0.15, 0.2) is 9.84 Å². The van der Waals surface area contributed by atoms with Crippen LogP contribution in [0.5, 0.6) is 0 Å². The molecular formula is C14H22N2O4S2. The highest BCUT2D eigenvalue weighted by Crippen LogP contribution is 2.27. The molecule has 0 spiro atoms. The first-order valence-corrected chi connectivity index (χ1v) is 10.5. The average Bonchev–Trinajstić information content (AvgIpc) is 2.46. The molecule has 2 rings (SSSR count). The molecule has 0 amide bonds. The molecule has 1 aromatic carbocycles. The first-order valence-electron chi connectivity index (χ1n) is 7.21. The third kappa shape index (κ3) is 3.51. The highest BCUT2D eigenvalue weighted by Gasteiger charge is 2.35. The normalized spacial score (nSPS) is 22.4. The number of hydrogen-bond donors (Lipinski definition) is 1. The summed E-state index contributed by atoms with van der Waals surface area (Å²) in [6.45, 7) is 2.26. The molecule has 0 bridgehead atoms. The van der Waals surface area contributed by atoms with Crippen molar-refractivity contribution in [1.82, 2.24) is 4.31 Å². The summed E-state index contributed by atoms with van der Waals surface area (Å²) in [4.78, 5) is 0.210. The van der Waals surface area contributed by atoms with Crippen LogP contribution in [0.15, 0.2) is 34.1 Å². The Bertz CT molecular complexity index is 725.